The van der Waals surface area contributed by atoms with E-state index >= 15 is 0 Å². The van der Waals surface area contributed by atoms with Crippen LogP contribution in [0.15, 0.2) is 22.7 Å². The van der Waals surface area contributed by atoms with Crippen molar-refractivity contribution in [3.05, 3.63) is 28.2 Å². The number of ketones is 1. The number of rotatable bonds is 0. The molecule has 2 rings (SSSR count). The topological polar surface area (TPSA) is 29.1 Å². The number of carbonyl (C=O) groups excluding carboxylic acids is 1. The molecule has 3 heteroatoms. The number of fused-ring (bicyclic) bond motifs is 1. The zero-order chi connectivity index (χ0) is 10.1. The average molecular weight is 254 g/mol. The van der Waals surface area contributed by atoms with Gasteiger partial charge in [-0.05, 0) is 31.5 Å². The molecule has 0 amide bonds. The quantitative estimate of drug-likeness (QED) is 0.770. The second kappa shape index (κ2) is 3.73. The molecule has 1 heterocycles. The first kappa shape index (κ1) is 9.71. The molecular weight excluding hydrogens is 242 g/mol. The molecule has 1 atom stereocenters. The number of hydrogen-bond donors (Lipinski definition) is 1. The zero-order valence-corrected chi connectivity index (χ0v) is 9.60. The minimum atomic E-state index is 0.240. The van der Waals surface area contributed by atoms with Gasteiger partial charge in [-0.2, -0.15) is 0 Å². The first-order valence-corrected chi connectivity index (χ1v) is 5.55. The number of anilines is 1. The van der Waals surface area contributed by atoms with Gasteiger partial charge in [0.05, 0.1) is 0 Å². The predicted molar refractivity (Wildman–Crippen MR) is 60.8 cm³/mol. The van der Waals surface area contributed by atoms with Crippen LogP contribution in [-0.4, -0.2) is 11.8 Å². The third-order valence-corrected chi connectivity index (χ3v) is 2.98. The Morgan fingerprint density at radius 1 is 1.50 bits per heavy atom. The first-order chi connectivity index (χ1) is 6.66. The highest BCUT2D eigenvalue weighted by Crippen LogP contribution is 2.27. The van der Waals surface area contributed by atoms with Gasteiger partial charge in [-0.1, -0.05) is 15.9 Å². The molecule has 0 radical (unpaired) electrons. The predicted octanol–water partition coefficient (Wildman–Crippen LogP) is 3.23. The number of benzene rings is 1. The summed E-state index contributed by atoms with van der Waals surface area (Å²) in [5, 5.41) is 3.34. The van der Waals surface area contributed by atoms with Crippen LogP contribution >= 0.6 is 15.9 Å². The van der Waals surface area contributed by atoms with Crippen molar-refractivity contribution in [3.63, 3.8) is 0 Å². The molecule has 2 nitrogen and oxygen atoms in total. The van der Waals surface area contributed by atoms with Crippen molar-refractivity contribution >= 4 is 27.4 Å². The van der Waals surface area contributed by atoms with Crippen molar-refractivity contribution in [1.82, 2.24) is 0 Å². The van der Waals surface area contributed by atoms with E-state index in [-0.39, 0.29) is 5.78 Å². The molecule has 0 fully saturated rings. The van der Waals surface area contributed by atoms with Crippen molar-refractivity contribution in [2.24, 2.45) is 0 Å². The van der Waals surface area contributed by atoms with Gasteiger partial charge in [0.1, 0.15) is 0 Å². The molecule has 0 bridgehead atoms. The van der Waals surface area contributed by atoms with E-state index in [1.165, 1.54) is 0 Å². The van der Waals surface area contributed by atoms with Crippen molar-refractivity contribution in [2.45, 2.75) is 25.8 Å². The molecule has 0 spiro atoms. The Kier molecular flexibility index (Phi) is 2.59. The summed E-state index contributed by atoms with van der Waals surface area (Å²) in [6.07, 6.45) is 1.55. The normalized spacial score (nSPS) is 21.0. The Bertz CT molecular complexity index is 376. The van der Waals surface area contributed by atoms with Gasteiger partial charge in [0.15, 0.2) is 5.78 Å². The van der Waals surface area contributed by atoms with Crippen LogP contribution in [0.25, 0.3) is 0 Å². The summed E-state index contributed by atoms with van der Waals surface area (Å²) in [5.74, 6) is 0.240. The fraction of sp³-hybridized carbons (Fsp3) is 0.364. The van der Waals surface area contributed by atoms with Gasteiger partial charge in [-0.3, -0.25) is 4.79 Å². The van der Waals surface area contributed by atoms with Gasteiger partial charge in [0.2, 0.25) is 0 Å². The highest BCUT2D eigenvalue weighted by atomic mass is 79.9. The molecule has 14 heavy (non-hydrogen) atoms. The number of nitrogens with one attached hydrogen (secondary N) is 1. The molecule has 1 aromatic rings. The highest BCUT2D eigenvalue weighted by molar-refractivity contribution is 9.10. The zero-order valence-electron chi connectivity index (χ0n) is 8.01. The standard InChI is InChI=1S/C11H12BrNO/c1-7-2-5-11(14)9-4-3-8(12)6-10(9)13-7/h3-4,6-7,13H,2,5H2,1H3. The summed E-state index contributed by atoms with van der Waals surface area (Å²) < 4.78 is 1.01. The van der Waals surface area contributed by atoms with Crippen molar-refractivity contribution in [1.29, 1.82) is 0 Å². The lowest BCUT2D eigenvalue weighted by Gasteiger charge is -2.12. The Balaban J connectivity index is 2.47. The Morgan fingerprint density at radius 3 is 3.07 bits per heavy atom. The summed E-state index contributed by atoms with van der Waals surface area (Å²) in [6.45, 7) is 2.10. The van der Waals surface area contributed by atoms with Gasteiger partial charge in [0.25, 0.3) is 0 Å². The molecule has 74 valence electrons. The smallest absolute Gasteiger partial charge is 0.165 e. The molecule has 0 aromatic heterocycles. The van der Waals surface area contributed by atoms with E-state index in [0.717, 1.165) is 22.1 Å². The number of hydrogen-bond acceptors (Lipinski definition) is 2. The maximum Gasteiger partial charge on any atom is 0.165 e. The number of carbonyl (C=O) groups is 1. The van der Waals surface area contributed by atoms with E-state index in [9.17, 15) is 4.79 Å². The number of Topliss-reactive ketones (excluding diaryl/α,β-unsaturated/α-hetero) is 1. The molecule has 1 aromatic carbocycles. The van der Waals surface area contributed by atoms with Gasteiger partial charge < -0.3 is 5.32 Å². The van der Waals surface area contributed by atoms with Crippen LogP contribution in [0.3, 0.4) is 0 Å². The van der Waals surface area contributed by atoms with Crippen LogP contribution in [0.1, 0.15) is 30.1 Å². The third kappa shape index (κ3) is 1.82. The van der Waals surface area contributed by atoms with E-state index in [4.69, 9.17) is 0 Å². The molecule has 1 unspecified atom stereocenters. The lowest BCUT2D eigenvalue weighted by molar-refractivity contribution is 0.0982. The van der Waals surface area contributed by atoms with Gasteiger partial charge in [-0.25, -0.2) is 0 Å². The summed E-state index contributed by atoms with van der Waals surface area (Å²) >= 11 is 3.40. The molecule has 0 saturated heterocycles. The Morgan fingerprint density at radius 2 is 2.29 bits per heavy atom. The van der Waals surface area contributed by atoms with Gasteiger partial charge in [0, 0.05) is 28.2 Å². The van der Waals surface area contributed by atoms with E-state index < -0.39 is 0 Å². The second-order valence-corrected chi connectivity index (χ2v) is 4.61. The molecular formula is C11H12BrNO. The third-order valence-electron chi connectivity index (χ3n) is 2.49. The van der Waals surface area contributed by atoms with Crippen LogP contribution in [0.2, 0.25) is 0 Å². The summed E-state index contributed by atoms with van der Waals surface area (Å²) in [7, 11) is 0. The van der Waals surface area contributed by atoms with Crippen molar-refractivity contribution < 1.29 is 4.79 Å². The fourth-order valence-corrected chi connectivity index (χ4v) is 2.06. The second-order valence-electron chi connectivity index (χ2n) is 3.70. The lowest BCUT2D eigenvalue weighted by Crippen LogP contribution is -2.13. The molecule has 1 N–H and O–H groups in total. The Labute approximate surface area is 91.8 Å². The average Bonchev–Trinajstić information content (AvgIpc) is 2.26. The summed E-state index contributed by atoms with van der Waals surface area (Å²) in [5.41, 5.74) is 1.77. The van der Waals surface area contributed by atoms with Crippen LogP contribution in [-0.2, 0) is 0 Å². The molecule has 1 aliphatic rings. The van der Waals surface area contributed by atoms with Gasteiger partial charge in [-0.15, -0.1) is 0 Å². The maximum atomic E-state index is 11.7. The van der Waals surface area contributed by atoms with Crippen LogP contribution in [0.4, 0.5) is 5.69 Å². The minimum absolute atomic E-state index is 0.240. The number of halogens is 1. The molecule has 1 aliphatic heterocycles. The van der Waals surface area contributed by atoms with E-state index in [2.05, 4.69) is 28.2 Å². The highest BCUT2D eigenvalue weighted by Gasteiger charge is 2.18. The summed E-state index contributed by atoms with van der Waals surface area (Å²) in [4.78, 5) is 11.7. The SMILES string of the molecule is CC1CCC(=O)c2ccc(Br)cc2N1. The Hall–Kier alpha value is -0.830. The first-order valence-electron chi connectivity index (χ1n) is 4.76. The van der Waals surface area contributed by atoms with Crippen LogP contribution in [0, 0.1) is 0 Å². The lowest BCUT2D eigenvalue weighted by atomic mass is 10.1. The van der Waals surface area contributed by atoms with E-state index in [1.807, 2.05) is 18.2 Å². The van der Waals surface area contributed by atoms with E-state index in [1.54, 1.807) is 0 Å². The molecule has 0 saturated carbocycles. The van der Waals surface area contributed by atoms with Crippen molar-refractivity contribution in [3.8, 4) is 0 Å². The maximum absolute atomic E-state index is 11.7. The van der Waals surface area contributed by atoms with Gasteiger partial charge >= 0.3 is 0 Å². The minimum Gasteiger partial charge on any atom is -0.382 e. The van der Waals surface area contributed by atoms with Crippen molar-refractivity contribution in [2.75, 3.05) is 5.32 Å². The van der Waals surface area contributed by atoms with Crippen LogP contribution < -0.4 is 5.32 Å². The monoisotopic (exact) mass is 253 g/mol. The van der Waals surface area contributed by atoms with Crippen LogP contribution in [0.5, 0.6) is 0 Å². The summed E-state index contributed by atoms with van der Waals surface area (Å²) in [6, 6.07) is 6.13. The molecule has 0 aliphatic carbocycles. The fourth-order valence-electron chi connectivity index (χ4n) is 1.70. The largest absolute Gasteiger partial charge is 0.382 e. The van der Waals surface area contributed by atoms with E-state index in [0.29, 0.717) is 12.5 Å².